The minimum Gasteiger partial charge on any atom is -0.333 e. The highest BCUT2D eigenvalue weighted by atomic mass is 32.2. The van der Waals surface area contributed by atoms with Gasteiger partial charge < -0.3 is 4.52 Å². The average Bonchev–Trinajstić information content (AvgIpc) is 3.08. The minimum atomic E-state index is -3.70. The van der Waals surface area contributed by atoms with Crippen molar-refractivity contribution in [2.24, 2.45) is 0 Å². The zero-order chi connectivity index (χ0) is 14.9. The van der Waals surface area contributed by atoms with Crippen LogP contribution in [0.15, 0.2) is 45.4 Å². The molecule has 0 aliphatic rings. The van der Waals surface area contributed by atoms with Crippen LogP contribution in [0.25, 0.3) is 10.8 Å². The Balaban J connectivity index is 1.95. The molecule has 0 aliphatic carbocycles. The second kappa shape index (κ2) is 5.26. The molecule has 0 amide bonds. The van der Waals surface area contributed by atoms with E-state index < -0.39 is 10.0 Å². The summed E-state index contributed by atoms with van der Waals surface area (Å²) in [5.74, 6) is 0.769. The van der Waals surface area contributed by atoms with Gasteiger partial charge in [-0.1, -0.05) is 5.16 Å². The molecule has 3 aromatic rings. The minimum absolute atomic E-state index is 0.0869. The van der Waals surface area contributed by atoms with Gasteiger partial charge in [-0.25, -0.2) is 8.42 Å². The summed E-state index contributed by atoms with van der Waals surface area (Å²) >= 11 is 1.31. The maximum absolute atomic E-state index is 12.3. The fraction of sp³-hybridized carbons (Fsp3) is 0.0833. The fourth-order valence-electron chi connectivity index (χ4n) is 1.65. The van der Waals surface area contributed by atoms with Crippen molar-refractivity contribution in [3.8, 4) is 10.8 Å². The molecule has 3 heterocycles. The van der Waals surface area contributed by atoms with Crippen molar-refractivity contribution in [2.75, 3.05) is 4.72 Å². The van der Waals surface area contributed by atoms with E-state index in [0.717, 1.165) is 0 Å². The molecule has 0 atom stereocenters. The lowest BCUT2D eigenvalue weighted by molar-refractivity contribution is 0.426. The Morgan fingerprint density at radius 2 is 2.19 bits per heavy atom. The van der Waals surface area contributed by atoms with Crippen molar-refractivity contribution in [1.29, 1.82) is 0 Å². The Hall–Kier alpha value is -2.26. The second-order valence-corrected chi connectivity index (χ2v) is 6.70. The summed E-state index contributed by atoms with van der Waals surface area (Å²) in [5.41, 5.74) is 0.396. The van der Waals surface area contributed by atoms with E-state index in [1.807, 2.05) is 0 Å². The molecule has 0 saturated heterocycles. The first kappa shape index (κ1) is 13.7. The van der Waals surface area contributed by atoms with E-state index in [1.54, 1.807) is 24.4 Å². The average molecular weight is 322 g/mol. The van der Waals surface area contributed by atoms with E-state index in [0.29, 0.717) is 16.4 Å². The number of pyridine rings is 1. The van der Waals surface area contributed by atoms with Gasteiger partial charge >= 0.3 is 0 Å². The summed E-state index contributed by atoms with van der Waals surface area (Å²) in [6.07, 6.45) is 2.79. The fourth-order valence-corrected chi connectivity index (χ4v) is 3.52. The number of hydrogen-bond acceptors (Lipinski definition) is 7. The van der Waals surface area contributed by atoms with Crippen LogP contribution >= 0.6 is 11.3 Å². The summed E-state index contributed by atoms with van der Waals surface area (Å²) in [7, 11) is -3.70. The number of nitrogens with one attached hydrogen (secondary N) is 1. The van der Waals surface area contributed by atoms with E-state index in [-0.39, 0.29) is 10.8 Å². The van der Waals surface area contributed by atoms with Crippen LogP contribution in [0.2, 0.25) is 0 Å². The van der Waals surface area contributed by atoms with Crippen LogP contribution in [-0.4, -0.2) is 23.5 Å². The molecule has 7 nitrogen and oxygen atoms in total. The van der Waals surface area contributed by atoms with E-state index in [9.17, 15) is 8.42 Å². The van der Waals surface area contributed by atoms with Crippen LogP contribution in [0.1, 0.15) is 5.82 Å². The molecule has 3 aromatic heterocycles. The lowest BCUT2D eigenvalue weighted by Crippen LogP contribution is -2.13. The molecule has 21 heavy (non-hydrogen) atoms. The van der Waals surface area contributed by atoms with Gasteiger partial charge in [0.15, 0.2) is 5.82 Å². The van der Waals surface area contributed by atoms with Gasteiger partial charge in [0.25, 0.3) is 15.9 Å². The monoisotopic (exact) mass is 322 g/mol. The molecule has 3 rings (SSSR count). The number of thiophene rings is 1. The summed E-state index contributed by atoms with van der Waals surface area (Å²) in [6, 6.07) is 4.68. The first-order valence-electron chi connectivity index (χ1n) is 5.87. The number of aryl methyl sites for hydroxylation is 1. The molecule has 9 heteroatoms. The normalized spacial score (nSPS) is 11.5. The predicted molar refractivity (Wildman–Crippen MR) is 77.4 cm³/mol. The third-order valence-corrected chi connectivity index (χ3v) is 4.83. The zero-order valence-electron chi connectivity index (χ0n) is 10.8. The van der Waals surface area contributed by atoms with Crippen LogP contribution in [0.5, 0.6) is 0 Å². The first-order valence-corrected chi connectivity index (χ1v) is 8.23. The van der Waals surface area contributed by atoms with Crippen LogP contribution in [-0.2, 0) is 10.0 Å². The van der Waals surface area contributed by atoms with Crippen molar-refractivity contribution in [3.63, 3.8) is 0 Å². The van der Waals surface area contributed by atoms with Crippen LogP contribution < -0.4 is 4.72 Å². The number of sulfonamides is 1. The van der Waals surface area contributed by atoms with E-state index in [1.165, 1.54) is 29.8 Å². The molecule has 0 saturated carbocycles. The second-order valence-electron chi connectivity index (χ2n) is 4.10. The summed E-state index contributed by atoms with van der Waals surface area (Å²) in [6.45, 7) is 1.69. The molecule has 0 unspecified atom stereocenters. The first-order chi connectivity index (χ1) is 10.1. The lowest BCUT2D eigenvalue weighted by atomic mass is 10.4. The number of rotatable bonds is 4. The van der Waals surface area contributed by atoms with Gasteiger partial charge in [-0.3, -0.25) is 9.71 Å². The smallest absolute Gasteiger partial charge is 0.270 e. The topological polar surface area (TPSA) is 98.0 Å². The lowest BCUT2D eigenvalue weighted by Gasteiger charge is -2.06. The number of anilines is 1. The van der Waals surface area contributed by atoms with E-state index >= 15 is 0 Å². The predicted octanol–water partition coefficient (Wildman–Crippen LogP) is 2.30. The Bertz CT molecular complexity index is 856. The Kier molecular flexibility index (Phi) is 3.43. The van der Waals surface area contributed by atoms with Gasteiger partial charge in [-0.2, -0.15) is 4.98 Å². The standard InChI is InChI=1S/C12H10N4O3S2/c1-8-14-12(19-15-8)11-10(4-6-20-11)16-21(17,18)9-3-2-5-13-7-9/h2-7,16H,1H3. The molecule has 0 aromatic carbocycles. The summed E-state index contributed by atoms with van der Waals surface area (Å²) < 4.78 is 32.1. The summed E-state index contributed by atoms with van der Waals surface area (Å²) in [5, 5.41) is 5.45. The van der Waals surface area contributed by atoms with Crippen LogP contribution in [0.4, 0.5) is 5.69 Å². The van der Waals surface area contributed by atoms with Gasteiger partial charge in [-0.15, -0.1) is 11.3 Å². The van der Waals surface area contributed by atoms with Gasteiger partial charge in [0, 0.05) is 12.4 Å². The van der Waals surface area contributed by atoms with Crippen molar-refractivity contribution < 1.29 is 12.9 Å². The molecule has 1 N–H and O–H groups in total. The third-order valence-electron chi connectivity index (χ3n) is 2.58. The third kappa shape index (κ3) is 2.78. The largest absolute Gasteiger partial charge is 0.333 e. The van der Waals surface area contributed by atoms with Gasteiger partial charge in [0.1, 0.15) is 9.77 Å². The molecule has 0 aliphatic heterocycles. The summed E-state index contributed by atoms with van der Waals surface area (Å²) in [4.78, 5) is 8.57. The zero-order valence-corrected chi connectivity index (χ0v) is 12.5. The van der Waals surface area contributed by atoms with Crippen molar-refractivity contribution in [2.45, 2.75) is 11.8 Å². The van der Waals surface area contributed by atoms with Crippen molar-refractivity contribution in [1.82, 2.24) is 15.1 Å². The molecular formula is C12H10N4O3S2. The molecule has 0 spiro atoms. The quantitative estimate of drug-likeness (QED) is 0.791. The maximum atomic E-state index is 12.3. The SMILES string of the molecule is Cc1noc(-c2sccc2NS(=O)(=O)c2cccnc2)n1. The Labute approximate surface area is 124 Å². The highest BCUT2D eigenvalue weighted by Gasteiger charge is 2.20. The molecule has 108 valence electrons. The van der Waals surface area contributed by atoms with Crippen LogP contribution in [0.3, 0.4) is 0 Å². The number of hydrogen-bond donors (Lipinski definition) is 1. The molecule has 0 fully saturated rings. The van der Waals surface area contributed by atoms with Gasteiger partial charge in [0.05, 0.1) is 5.69 Å². The van der Waals surface area contributed by atoms with Gasteiger partial charge in [-0.05, 0) is 30.5 Å². The van der Waals surface area contributed by atoms with Crippen LogP contribution in [0, 0.1) is 6.92 Å². The van der Waals surface area contributed by atoms with Crippen molar-refractivity contribution in [3.05, 3.63) is 41.8 Å². The molecule has 0 radical (unpaired) electrons. The van der Waals surface area contributed by atoms with Gasteiger partial charge in [0.2, 0.25) is 0 Å². The number of aromatic nitrogens is 3. The van der Waals surface area contributed by atoms with E-state index in [4.69, 9.17) is 4.52 Å². The molecule has 0 bridgehead atoms. The Morgan fingerprint density at radius 3 is 2.86 bits per heavy atom. The highest BCUT2D eigenvalue weighted by molar-refractivity contribution is 7.92. The maximum Gasteiger partial charge on any atom is 0.270 e. The number of nitrogens with zero attached hydrogens (tertiary/aromatic N) is 3. The Morgan fingerprint density at radius 1 is 1.33 bits per heavy atom. The highest BCUT2D eigenvalue weighted by Crippen LogP contribution is 2.33. The van der Waals surface area contributed by atoms with Crippen molar-refractivity contribution >= 4 is 27.0 Å². The van der Waals surface area contributed by atoms with E-state index in [2.05, 4.69) is 19.8 Å². The molecular weight excluding hydrogens is 312 g/mol.